The number of carbonyl (C=O) groups is 1. The minimum Gasteiger partial charge on any atom is -0.478 e. The molecule has 2 aromatic rings. The van der Waals surface area contributed by atoms with Crippen LogP contribution in [0.2, 0.25) is 0 Å². The van der Waals surface area contributed by atoms with Crippen LogP contribution in [0.4, 0.5) is 11.6 Å². The summed E-state index contributed by atoms with van der Waals surface area (Å²) in [5, 5.41) is 34.2. The molecule has 0 atom stereocenters. The topological polar surface area (TPSA) is 154 Å². The number of nitrogens with zero attached hydrogens (tertiary/aromatic N) is 5. The van der Waals surface area contributed by atoms with Crippen LogP contribution < -0.4 is 0 Å². The highest BCUT2D eigenvalue weighted by Gasteiger charge is 2.30. The smallest absolute Gasteiger partial charge is 0.478 e. The second-order valence-electron chi connectivity index (χ2n) is 3.59. The van der Waals surface area contributed by atoms with E-state index in [1.54, 1.807) is 0 Å². The average Bonchev–Trinajstić information content (AvgIpc) is 2.79. The van der Waals surface area contributed by atoms with Crippen molar-refractivity contribution in [1.29, 1.82) is 0 Å². The van der Waals surface area contributed by atoms with Crippen molar-refractivity contribution in [2.24, 2.45) is 0 Å². The number of benzene rings is 1. The SMILES string of the molecule is O=C(O)c1cccc([N+](=O)[O-])c1-n1nc([N+](=O)[O-])nc1Br. The van der Waals surface area contributed by atoms with Gasteiger partial charge in [-0.05, 0) is 16.0 Å². The second kappa shape index (κ2) is 5.24. The largest absolute Gasteiger partial charge is 0.492 e. The summed E-state index contributed by atoms with van der Waals surface area (Å²) >= 11 is 2.86. The maximum absolute atomic E-state index is 11.2. The van der Waals surface area contributed by atoms with Gasteiger partial charge in [0.15, 0.2) is 5.69 Å². The summed E-state index contributed by atoms with van der Waals surface area (Å²) in [6.07, 6.45) is 0. The lowest BCUT2D eigenvalue weighted by Crippen LogP contribution is -2.10. The Morgan fingerprint density at radius 2 is 1.95 bits per heavy atom. The van der Waals surface area contributed by atoms with E-state index in [9.17, 15) is 25.0 Å². The van der Waals surface area contributed by atoms with Gasteiger partial charge in [-0.3, -0.25) is 10.1 Å². The minimum absolute atomic E-state index is 0.231. The van der Waals surface area contributed by atoms with Crippen LogP contribution in [0.5, 0.6) is 0 Å². The van der Waals surface area contributed by atoms with Gasteiger partial charge in [0.05, 0.1) is 10.5 Å². The lowest BCUT2D eigenvalue weighted by Gasteiger charge is -2.04. The molecule has 2 rings (SSSR count). The van der Waals surface area contributed by atoms with Gasteiger partial charge in [-0.1, -0.05) is 6.07 Å². The number of carboxylic acids is 1. The first kappa shape index (κ1) is 14.5. The highest BCUT2D eigenvalue weighted by Crippen LogP contribution is 2.29. The highest BCUT2D eigenvalue weighted by molar-refractivity contribution is 9.10. The van der Waals surface area contributed by atoms with E-state index < -0.39 is 38.7 Å². The molecule has 0 radical (unpaired) electrons. The normalized spacial score (nSPS) is 10.3. The molecule has 0 aliphatic carbocycles. The van der Waals surface area contributed by atoms with Crippen LogP contribution in [-0.4, -0.2) is 35.7 Å². The molecule has 0 bridgehead atoms. The van der Waals surface area contributed by atoms with Gasteiger partial charge in [0, 0.05) is 27.1 Å². The van der Waals surface area contributed by atoms with Crippen LogP contribution >= 0.6 is 15.9 Å². The number of aromatic nitrogens is 3. The summed E-state index contributed by atoms with van der Waals surface area (Å²) in [6.45, 7) is 0. The molecular weight excluding hydrogens is 354 g/mol. The third-order valence-corrected chi connectivity index (χ3v) is 2.89. The maximum atomic E-state index is 11.2. The van der Waals surface area contributed by atoms with E-state index in [2.05, 4.69) is 26.0 Å². The van der Waals surface area contributed by atoms with Crippen LogP contribution in [-0.2, 0) is 0 Å². The molecule has 0 spiro atoms. The van der Waals surface area contributed by atoms with Crippen molar-refractivity contribution in [3.05, 3.63) is 48.7 Å². The molecule has 0 aliphatic heterocycles. The number of hydrogen-bond donors (Lipinski definition) is 1. The van der Waals surface area contributed by atoms with E-state index >= 15 is 0 Å². The molecule has 0 unspecified atom stereocenters. The van der Waals surface area contributed by atoms with Crippen LogP contribution in [0.3, 0.4) is 0 Å². The summed E-state index contributed by atoms with van der Waals surface area (Å²) in [4.78, 5) is 34.6. The van der Waals surface area contributed by atoms with Crippen molar-refractivity contribution in [3.63, 3.8) is 0 Å². The first-order valence-corrected chi connectivity index (χ1v) is 5.90. The lowest BCUT2D eigenvalue weighted by atomic mass is 10.1. The Bertz CT molecular complexity index is 740. The van der Waals surface area contributed by atoms with Crippen molar-refractivity contribution in [3.8, 4) is 5.69 Å². The van der Waals surface area contributed by atoms with E-state index in [4.69, 9.17) is 5.11 Å². The minimum atomic E-state index is -1.45. The number of aromatic carboxylic acids is 1. The van der Waals surface area contributed by atoms with Gasteiger partial charge in [0.25, 0.3) is 10.4 Å². The number of halogens is 1. The molecule has 0 aliphatic rings. The molecule has 1 N–H and O–H groups in total. The van der Waals surface area contributed by atoms with Gasteiger partial charge in [-0.15, -0.1) is 4.68 Å². The number of nitro benzene ring substituents is 1. The quantitative estimate of drug-likeness (QED) is 0.637. The molecule has 11 nitrogen and oxygen atoms in total. The molecule has 0 fully saturated rings. The zero-order valence-electron chi connectivity index (χ0n) is 9.83. The highest BCUT2D eigenvalue weighted by atomic mass is 79.9. The molecular formula is C9H4BrN5O6. The molecule has 0 saturated heterocycles. The summed E-state index contributed by atoms with van der Waals surface area (Å²) in [7, 11) is 0. The Morgan fingerprint density at radius 1 is 1.29 bits per heavy atom. The number of rotatable bonds is 4. The zero-order chi connectivity index (χ0) is 15.7. The van der Waals surface area contributed by atoms with Gasteiger partial charge in [0.2, 0.25) is 0 Å². The molecule has 1 aromatic heterocycles. The first-order valence-electron chi connectivity index (χ1n) is 5.11. The fraction of sp³-hybridized carbons (Fsp3) is 0. The van der Waals surface area contributed by atoms with E-state index in [1.807, 2.05) is 0 Å². The number of para-hydroxylation sites is 1. The third-order valence-electron chi connectivity index (χ3n) is 2.37. The van der Waals surface area contributed by atoms with Gasteiger partial charge >= 0.3 is 11.9 Å². The van der Waals surface area contributed by atoms with Crippen molar-refractivity contribution in [2.75, 3.05) is 0 Å². The van der Waals surface area contributed by atoms with Crippen LogP contribution in [0.15, 0.2) is 22.9 Å². The Morgan fingerprint density at radius 3 is 2.43 bits per heavy atom. The van der Waals surface area contributed by atoms with E-state index in [1.165, 1.54) is 6.07 Å². The van der Waals surface area contributed by atoms with Crippen LogP contribution in [0.1, 0.15) is 10.4 Å². The fourth-order valence-electron chi connectivity index (χ4n) is 1.58. The summed E-state index contributed by atoms with van der Waals surface area (Å²) in [5.74, 6) is -2.27. The molecule has 108 valence electrons. The Labute approximate surface area is 123 Å². The van der Waals surface area contributed by atoms with Crippen LogP contribution in [0, 0.1) is 20.2 Å². The first-order chi connectivity index (χ1) is 9.82. The molecule has 0 saturated carbocycles. The Balaban J connectivity index is 2.81. The summed E-state index contributed by atoms with van der Waals surface area (Å²) < 4.78 is 0.464. The summed E-state index contributed by atoms with van der Waals surface area (Å²) in [6, 6.07) is 3.36. The Kier molecular flexibility index (Phi) is 3.62. The Hall–Kier alpha value is -2.89. The molecule has 0 amide bonds. The lowest BCUT2D eigenvalue weighted by molar-refractivity contribution is -0.394. The van der Waals surface area contributed by atoms with Gasteiger partial charge < -0.3 is 15.2 Å². The van der Waals surface area contributed by atoms with Crippen molar-refractivity contribution < 1.29 is 19.7 Å². The number of hydrogen-bond acceptors (Lipinski definition) is 7. The van der Waals surface area contributed by atoms with Crippen LogP contribution in [0.25, 0.3) is 5.69 Å². The average molecular weight is 358 g/mol. The molecule has 12 heteroatoms. The fourth-order valence-corrected chi connectivity index (χ4v) is 1.99. The van der Waals surface area contributed by atoms with Crippen molar-refractivity contribution in [2.45, 2.75) is 0 Å². The predicted molar refractivity (Wildman–Crippen MR) is 69.3 cm³/mol. The second-order valence-corrected chi connectivity index (χ2v) is 4.29. The van der Waals surface area contributed by atoms with E-state index in [0.29, 0.717) is 4.68 Å². The standard InChI is InChI=1S/C9H4BrN5O6/c10-8-11-9(15(20)21)12-13(8)6-4(7(16)17)2-1-3-5(6)14(18)19/h1-3H,(H,16,17). The monoisotopic (exact) mass is 357 g/mol. The van der Waals surface area contributed by atoms with Crippen molar-refractivity contribution >= 4 is 33.5 Å². The van der Waals surface area contributed by atoms with Crippen molar-refractivity contribution in [1.82, 2.24) is 14.8 Å². The summed E-state index contributed by atoms with van der Waals surface area (Å²) in [5.41, 5.74) is -1.44. The van der Waals surface area contributed by atoms with Gasteiger partial charge in [-0.25, -0.2) is 4.79 Å². The predicted octanol–water partition coefficient (Wildman–Crippen LogP) is 1.54. The maximum Gasteiger partial charge on any atom is 0.492 e. The molecule has 21 heavy (non-hydrogen) atoms. The number of nitro groups is 2. The zero-order valence-corrected chi connectivity index (χ0v) is 11.4. The van der Waals surface area contributed by atoms with Gasteiger partial charge in [0.1, 0.15) is 0 Å². The number of carboxylic acid groups (broad SMARTS) is 1. The molecule has 1 heterocycles. The van der Waals surface area contributed by atoms with E-state index in [0.717, 1.165) is 12.1 Å². The van der Waals surface area contributed by atoms with Gasteiger partial charge in [-0.2, -0.15) is 0 Å². The molecule has 1 aromatic carbocycles. The van der Waals surface area contributed by atoms with E-state index in [-0.39, 0.29) is 4.73 Å². The third kappa shape index (κ3) is 2.55.